The molecule has 0 aromatic heterocycles. The number of rotatable bonds is 14. The fraction of sp³-hybridized carbons (Fsp3) is 0.643. The van der Waals surface area contributed by atoms with Crippen molar-refractivity contribution >= 4 is 79.7 Å². The molecule has 3 aliphatic heterocycles. The Bertz CT molecular complexity index is 1910. The molecule has 3 aliphatic rings. The van der Waals surface area contributed by atoms with E-state index in [2.05, 4.69) is 5.32 Å². The number of nitrogens with one attached hydrogen (secondary N) is 1. The van der Waals surface area contributed by atoms with Gasteiger partial charge in [0.05, 0.1) is 25.3 Å². The topological polar surface area (TPSA) is 248 Å². The molecule has 4 bridgehead atoms. The number of aliphatic hydroxyl groups excluding tert-OH is 1. The van der Waals surface area contributed by atoms with Crippen molar-refractivity contribution in [1.29, 1.82) is 0 Å². The second-order valence-electron chi connectivity index (χ2n) is 16.7. The molecule has 9 atom stereocenters. The Morgan fingerprint density at radius 2 is 1.90 bits per heavy atom. The van der Waals surface area contributed by atoms with Crippen LogP contribution < -0.4 is 20.7 Å². The van der Waals surface area contributed by atoms with E-state index in [1.807, 2.05) is 26.8 Å². The molecule has 2 saturated heterocycles. The number of nitrogens with two attached hydrogens (primary N) is 1. The summed E-state index contributed by atoms with van der Waals surface area (Å²) in [5, 5.41) is 20.0. The Morgan fingerprint density at radius 1 is 1.24 bits per heavy atom. The van der Waals surface area contributed by atoms with Crippen molar-refractivity contribution in [3.8, 4) is 5.75 Å². The van der Waals surface area contributed by atoms with Gasteiger partial charge in [-0.25, -0.2) is 13.8 Å². The van der Waals surface area contributed by atoms with Gasteiger partial charge in [-0.15, -0.1) is 0 Å². The summed E-state index contributed by atoms with van der Waals surface area (Å²) >= 11 is 4.41. The zero-order chi connectivity index (χ0) is 47.6. The average molecular weight is 964 g/mol. The van der Waals surface area contributed by atoms with Crippen molar-refractivity contribution in [1.82, 2.24) is 10.2 Å². The van der Waals surface area contributed by atoms with Crippen LogP contribution in [0.2, 0.25) is 5.02 Å². The summed E-state index contributed by atoms with van der Waals surface area (Å²) in [6.07, 6.45) is 2.94. The number of carbonyl (C=O) groups excluding carboxylic acids is 5. The number of likely N-dealkylation sites (N-methyl/N-ethyl adjacent to an activating group) is 1. The Labute approximate surface area is 385 Å². The standard InChI is InChI=1S/C41H59ClN4O12S3.CH4O/c1-23-12-10-11-15-41(52)22-29(56-38(51)44-41)24(2)35-40(6,58-35)31(21-33(48)46(8)27-19-26(18-23)20-28(55-9)34(27)42)57-37(50)25(3)45(7)32(47)13-16-39(4,5)60-59-17-14-30(36(43)49)61(53)54;1-2/h10-12,19-20,24-25,29-31,35,52H,13-18,21-22H2,1-9H3,(H2,43,49)(H,44,51)(H,53,54);2H,1H3/b11-10+,23-12+;/t24-,25?,29+,30?,31+,35+,40?,41-;/m1./s1. The molecule has 17 nitrogen and oxygen atoms in total. The van der Waals surface area contributed by atoms with Gasteiger partial charge in [0.15, 0.2) is 11.1 Å². The highest BCUT2D eigenvalue weighted by Gasteiger charge is 2.64. The van der Waals surface area contributed by atoms with Gasteiger partial charge in [0.25, 0.3) is 0 Å². The van der Waals surface area contributed by atoms with Crippen LogP contribution in [0.25, 0.3) is 0 Å². The predicted octanol–water partition coefficient (Wildman–Crippen LogP) is 4.90. The molecule has 0 aliphatic carbocycles. The summed E-state index contributed by atoms with van der Waals surface area (Å²) < 4.78 is 43.9. The zero-order valence-electron chi connectivity index (χ0n) is 37.5. The third-order valence-corrected chi connectivity index (χ3v) is 16.1. The molecule has 0 saturated carbocycles. The number of amides is 4. The van der Waals surface area contributed by atoms with Gasteiger partial charge < -0.3 is 49.2 Å². The van der Waals surface area contributed by atoms with Gasteiger partial charge in [-0.05, 0) is 71.6 Å². The second kappa shape index (κ2) is 23.2. The molecule has 63 heavy (non-hydrogen) atoms. The van der Waals surface area contributed by atoms with Crippen LogP contribution in [-0.4, -0.2) is 133 Å². The first-order valence-electron chi connectivity index (χ1n) is 20.4. The first-order valence-corrected chi connectivity index (χ1v) is 24.2. The van der Waals surface area contributed by atoms with Crippen LogP contribution in [0.15, 0.2) is 35.9 Å². The molecule has 0 radical (unpaired) electrons. The number of benzene rings is 1. The minimum atomic E-state index is -2.36. The molecule has 2 fully saturated rings. The molecule has 354 valence electrons. The highest BCUT2D eigenvalue weighted by atomic mass is 35.5. The van der Waals surface area contributed by atoms with Crippen molar-refractivity contribution in [2.45, 2.75) is 132 Å². The minimum absolute atomic E-state index is 0.0404. The van der Waals surface area contributed by atoms with E-state index in [-0.39, 0.29) is 43.0 Å². The van der Waals surface area contributed by atoms with Crippen LogP contribution in [0.4, 0.5) is 10.5 Å². The summed E-state index contributed by atoms with van der Waals surface area (Å²) in [7, 11) is 8.40. The lowest BCUT2D eigenvalue weighted by Crippen LogP contribution is -2.57. The van der Waals surface area contributed by atoms with Gasteiger partial charge in [0.2, 0.25) is 17.7 Å². The van der Waals surface area contributed by atoms with E-state index in [0.717, 1.165) is 18.2 Å². The number of halogens is 1. The normalized spacial score (nSPS) is 27.9. The number of nitrogens with zero attached hydrogens (tertiary/aromatic N) is 2. The van der Waals surface area contributed by atoms with Crippen molar-refractivity contribution in [3.63, 3.8) is 0 Å². The fourth-order valence-corrected chi connectivity index (χ4v) is 10.9. The Morgan fingerprint density at radius 3 is 2.52 bits per heavy atom. The van der Waals surface area contributed by atoms with E-state index < -0.39 is 86.6 Å². The van der Waals surface area contributed by atoms with Gasteiger partial charge in [-0.3, -0.25) is 19.7 Å². The smallest absolute Gasteiger partial charge is 0.409 e. The molecule has 4 unspecified atom stereocenters. The maximum absolute atomic E-state index is 14.2. The molecule has 4 rings (SSSR count). The average Bonchev–Trinajstić information content (AvgIpc) is 3.92. The fourth-order valence-electron chi connectivity index (χ4n) is 7.27. The lowest BCUT2D eigenvalue weighted by Gasteiger charge is -2.39. The maximum atomic E-state index is 14.2. The van der Waals surface area contributed by atoms with Crippen LogP contribution in [0.1, 0.15) is 85.6 Å². The highest BCUT2D eigenvalue weighted by molar-refractivity contribution is 8.77. The maximum Gasteiger partial charge on any atom is 0.409 e. The van der Waals surface area contributed by atoms with Crippen LogP contribution in [0, 0.1) is 5.92 Å². The highest BCUT2D eigenvalue weighted by Crippen LogP contribution is 2.49. The van der Waals surface area contributed by atoms with Gasteiger partial charge in [0, 0.05) is 56.9 Å². The van der Waals surface area contributed by atoms with E-state index in [9.17, 15) is 37.8 Å². The zero-order valence-corrected chi connectivity index (χ0v) is 40.7. The summed E-state index contributed by atoms with van der Waals surface area (Å²) in [6, 6.07) is 2.51. The summed E-state index contributed by atoms with van der Waals surface area (Å²) in [6.45, 7) is 10.8. The van der Waals surface area contributed by atoms with Gasteiger partial charge in [0.1, 0.15) is 45.6 Å². The van der Waals surface area contributed by atoms with Crippen LogP contribution in [0.3, 0.4) is 0 Å². The van der Waals surface area contributed by atoms with Crippen LogP contribution in [-0.2, 0) is 50.9 Å². The molecule has 21 heteroatoms. The number of hydrogen-bond donors (Lipinski definition) is 5. The van der Waals surface area contributed by atoms with Gasteiger partial charge in [-0.2, -0.15) is 0 Å². The van der Waals surface area contributed by atoms with Crippen molar-refractivity contribution < 1.29 is 61.9 Å². The molecule has 6 N–H and O–H groups in total. The van der Waals surface area contributed by atoms with E-state index in [0.29, 0.717) is 30.0 Å². The molecule has 1 aromatic carbocycles. The number of alkyl carbamates (subject to hydrolysis) is 1. The number of allylic oxidation sites excluding steroid dienone is 3. The number of epoxide rings is 1. The Kier molecular flexibility index (Phi) is 19.9. The largest absolute Gasteiger partial charge is 0.495 e. The SMILES string of the molecule is CO.COc1cc2cc(c1Cl)N(C)C(=O)C[C@H](OC(=O)C(C)N(C)C(=O)CCC(C)(C)SSCCC(C(N)=O)S(=O)O)C1(C)O[C@H]1[C@H](C)[C@@H]1C[C@](O)(C/C=C/C=C(\C)C2)NC(=O)O1. The number of esters is 1. The lowest BCUT2D eigenvalue weighted by atomic mass is 9.84. The molecule has 1 aromatic rings. The van der Waals surface area contributed by atoms with E-state index in [4.69, 9.17) is 41.4 Å². The minimum Gasteiger partial charge on any atom is -0.495 e. The number of carbonyl (C=O) groups is 5. The molecule has 3 heterocycles. The van der Waals surface area contributed by atoms with Crippen molar-refractivity contribution in [2.24, 2.45) is 11.7 Å². The molecular formula is C42H63ClN4O13S3. The Balaban J connectivity index is 0.00000520. The lowest BCUT2D eigenvalue weighted by molar-refractivity contribution is -0.162. The first kappa shape index (κ1) is 54.0. The van der Waals surface area contributed by atoms with E-state index in [1.54, 1.807) is 45.2 Å². The third kappa shape index (κ3) is 14.6. The second-order valence-corrected chi connectivity index (χ2v) is 21.3. The van der Waals surface area contributed by atoms with Gasteiger partial charge >= 0.3 is 12.1 Å². The van der Waals surface area contributed by atoms with Crippen LogP contribution >= 0.6 is 33.2 Å². The Hall–Kier alpha value is -3.37. The number of hydrogen-bond acceptors (Lipinski definition) is 14. The number of fused-ring (bicyclic) bond motifs is 5. The molecular weight excluding hydrogens is 900 g/mol. The number of primary amides is 1. The first-order chi connectivity index (χ1) is 29.4. The van der Waals surface area contributed by atoms with Crippen LogP contribution in [0.5, 0.6) is 5.75 Å². The monoisotopic (exact) mass is 962 g/mol. The summed E-state index contributed by atoms with van der Waals surface area (Å²) in [5.41, 5.74) is 4.52. The van der Waals surface area contributed by atoms with E-state index >= 15 is 0 Å². The van der Waals surface area contributed by atoms with E-state index in [1.165, 1.54) is 52.5 Å². The number of ether oxygens (including phenoxy) is 4. The number of anilines is 1. The number of aliphatic hydroxyl groups is 2. The van der Waals surface area contributed by atoms with Gasteiger partial charge in [-0.1, -0.05) is 63.9 Å². The van der Waals surface area contributed by atoms with Crippen molar-refractivity contribution in [3.05, 3.63) is 46.5 Å². The molecule has 0 spiro atoms. The number of methoxy groups -OCH3 is 1. The predicted molar refractivity (Wildman–Crippen MR) is 245 cm³/mol. The summed E-state index contributed by atoms with van der Waals surface area (Å²) in [5.74, 6) is -2.16. The van der Waals surface area contributed by atoms with Crippen molar-refractivity contribution in [2.75, 3.05) is 39.0 Å². The quantitative estimate of drug-likeness (QED) is 0.0547. The molecule has 4 amide bonds. The third-order valence-electron chi connectivity index (χ3n) is 11.4. The summed E-state index contributed by atoms with van der Waals surface area (Å²) in [4.78, 5) is 68.5.